The van der Waals surface area contributed by atoms with Crippen LogP contribution >= 0.6 is 23.4 Å². The van der Waals surface area contributed by atoms with E-state index in [0.717, 1.165) is 28.6 Å². The summed E-state index contributed by atoms with van der Waals surface area (Å²) in [5.41, 5.74) is 2.53. The molecule has 1 N–H and O–H groups in total. The average molecular weight is 502 g/mol. The van der Waals surface area contributed by atoms with Crippen LogP contribution in [0.4, 0.5) is 14.5 Å². The topological polar surface area (TPSA) is 81.9 Å². The van der Waals surface area contributed by atoms with E-state index in [1.807, 2.05) is 35.8 Å². The molecule has 1 amide bonds. The van der Waals surface area contributed by atoms with Gasteiger partial charge in [0.25, 0.3) is 0 Å². The number of carbonyl (C=O) groups excluding carboxylic acids is 1. The molecular weight excluding hydrogens is 484 g/mol. The number of benzene rings is 2. The van der Waals surface area contributed by atoms with Crippen molar-refractivity contribution in [2.24, 2.45) is 0 Å². The summed E-state index contributed by atoms with van der Waals surface area (Å²) in [6.45, 7) is -1.12. The van der Waals surface area contributed by atoms with Gasteiger partial charge >= 0.3 is 6.61 Å². The van der Waals surface area contributed by atoms with Gasteiger partial charge in [0, 0.05) is 23.0 Å². The van der Waals surface area contributed by atoms with Crippen LogP contribution in [-0.2, 0) is 4.79 Å². The summed E-state index contributed by atoms with van der Waals surface area (Å²) in [5, 5.41) is 12.3. The van der Waals surface area contributed by atoms with Gasteiger partial charge in [-0.25, -0.2) is 0 Å². The molecule has 4 rings (SSSR count). The normalized spacial score (nSPS) is 11.0. The lowest BCUT2D eigenvalue weighted by Crippen LogP contribution is -2.16. The monoisotopic (exact) mass is 501 g/mol. The first-order chi connectivity index (χ1) is 16.4. The maximum atomic E-state index is 12.6. The summed E-state index contributed by atoms with van der Waals surface area (Å²) in [6, 6.07) is 15.1. The fourth-order valence-electron chi connectivity index (χ4n) is 3.19. The molecule has 0 saturated carbocycles. The Morgan fingerprint density at radius 2 is 1.88 bits per heavy atom. The summed E-state index contributed by atoms with van der Waals surface area (Å²) >= 11 is 7.50. The number of para-hydroxylation sites is 2. The second kappa shape index (κ2) is 10.6. The first-order valence-electron chi connectivity index (χ1n) is 10.0. The number of nitrogens with zero attached hydrogens (tertiary/aromatic N) is 4. The number of alkyl halides is 2. The number of halogens is 3. The van der Waals surface area contributed by atoms with Crippen LogP contribution in [0.15, 0.2) is 72.1 Å². The third-order valence-electron chi connectivity index (χ3n) is 4.76. The van der Waals surface area contributed by atoms with E-state index in [4.69, 9.17) is 11.6 Å². The Hall–Kier alpha value is -3.50. The second-order valence-corrected chi connectivity index (χ2v) is 8.32. The predicted octanol–water partition coefficient (Wildman–Crippen LogP) is 5.62. The number of nitrogens with one attached hydrogen (secondary N) is 1. The Balaban J connectivity index is 1.60. The highest BCUT2D eigenvalue weighted by atomic mass is 35.5. The number of thioether (sulfide) groups is 1. The third-order valence-corrected chi connectivity index (χ3v) is 6.10. The smallest absolute Gasteiger partial charge is 0.387 e. The Labute approximate surface area is 203 Å². The lowest BCUT2D eigenvalue weighted by Gasteiger charge is -2.14. The second-order valence-electron chi connectivity index (χ2n) is 6.97. The van der Waals surface area contributed by atoms with Crippen molar-refractivity contribution in [1.82, 2.24) is 19.7 Å². The number of aromatic nitrogens is 4. The molecule has 2 aromatic carbocycles. The summed E-state index contributed by atoms with van der Waals surface area (Å²) < 4.78 is 31.6. The van der Waals surface area contributed by atoms with Crippen LogP contribution in [0, 0.1) is 6.92 Å². The van der Waals surface area contributed by atoms with Crippen molar-refractivity contribution in [3.05, 3.63) is 77.6 Å². The van der Waals surface area contributed by atoms with E-state index in [0.29, 0.717) is 16.0 Å². The quantitative estimate of drug-likeness (QED) is 0.315. The molecule has 0 aliphatic heterocycles. The molecule has 7 nitrogen and oxygen atoms in total. The van der Waals surface area contributed by atoms with Crippen molar-refractivity contribution in [2.45, 2.75) is 18.7 Å². The van der Waals surface area contributed by atoms with Crippen molar-refractivity contribution < 1.29 is 18.3 Å². The Kier molecular flexibility index (Phi) is 7.39. The first kappa shape index (κ1) is 23.7. The Morgan fingerprint density at radius 1 is 1.12 bits per heavy atom. The molecule has 0 fully saturated rings. The molecule has 174 valence electrons. The number of ether oxygens (including phenoxy) is 1. The van der Waals surface area contributed by atoms with Crippen LogP contribution < -0.4 is 10.1 Å². The minimum absolute atomic E-state index is 0.0445. The van der Waals surface area contributed by atoms with E-state index in [9.17, 15) is 13.6 Å². The van der Waals surface area contributed by atoms with Crippen LogP contribution in [-0.4, -0.2) is 38.0 Å². The van der Waals surface area contributed by atoms with Gasteiger partial charge in [-0.3, -0.25) is 14.3 Å². The van der Waals surface area contributed by atoms with E-state index in [2.05, 4.69) is 25.2 Å². The van der Waals surface area contributed by atoms with E-state index < -0.39 is 12.5 Å². The van der Waals surface area contributed by atoms with Crippen molar-refractivity contribution in [3.63, 3.8) is 0 Å². The largest absolute Gasteiger partial charge is 0.433 e. The lowest BCUT2D eigenvalue weighted by atomic mass is 10.2. The fourth-order valence-corrected chi connectivity index (χ4v) is 4.11. The number of anilines is 1. The van der Waals surface area contributed by atoms with Crippen molar-refractivity contribution in [3.8, 4) is 22.8 Å². The standard InChI is InChI=1S/C23H18ClF2N5O2S/c1-14-16(24)5-4-7-18(14)31-21(15-9-11-27-12-10-15)29-30-23(31)34-13-20(32)28-17-6-2-3-8-19(17)33-22(25)26/h2-12,22H,13H2,1H3,(H,28,32). The van der Waals surface area contributed by atoms with E-state index in [1.165, 1.54) is 12.1 Å². The van der Waals surface area contributed by atoms with Crippen LogP contribution in [0.5, 0.6) is 5.75 Å². The molecule has 4 aromatic rings. The van der Waals surface area contributed by atoms with Gasteiger partial charge in [0.1, 0.15) is 5.75 Å². The average Bonchev–Trinajstić information content (AvgIpc) is 3.25. The van der Waals surface area contributed by atoms with Gasteiger partial charge in [0.05, 0.1) is 17.1 Å². The van der Waals surface area contributed by atoms with Gasteiger partial charge in [0.2, 0.25) is 5.91 Å². The van der Waals surface area contributed by atoms with Gasteiger partial charge in [-0.15, -0.1) is 10.2 Å². The maximum Gasteiger partial charge on any atom is 0.387 e. The molecule has 0 atom stereocenters. The number of amides is 1. The van der Waals surface area contributed by atoms with Gasteiger partial charge in [0.15, 0.2) is 11.0 Å². The highest BCUT2D eigenvalue weighted by molar-refractivity contribution is 7.99. The first-order valence-corrected chi connectivity index (χ1v) is 11.4. The number of pyridine rings is 1. The highest BCUT2D eigenvalue weighted by Gasteiger charge is 2.20. The maximum absolute atomic E-state index is 12.6. The summed E-state index contributed by atoms with van der Waals surface area (Å²) in [5.74, 6) is -0.0186. The van der Waals surface area contributed by atoms with Gasteiger partial charge in [-0.05, 0) is 48.9 Å². The zero-order chi connectivity index (χ0) is 24.1. The number of hydrogen-bond donors (Lipinski definition) is 1. The SMILES string of the molecule is Cc1c(Cl)cccc1-n1c(SCC(=O)Nc2ccccc2OC(F)F)nnc1-c1ccncc1. The molecule has 0 spiro atoms. The molecule has 2 heterocycles. The molecule has 0 aliphatic carbocycles. The van der Waals surface area contributed by atoms with Gasteiger partial charge in [-0.1, -0.05) is 41.6 Å². The molecule has 2 aromatic heterocycles. The highest BCUT2D eigenvalue weighted by Crippen LogP contribution is 2.32. The van der Waals surface area contributed by atoms with E-state index >= 15 is 0 Å². The fraction of sp³-hybridized carbons (Fsp3) is 0.130. The van der Waals surface area contributed by atoms with Crippen LogP contribution in [0.1, 0.15) is 5.56 Å². The number of carbonyl (C=O) groups is 1. The zero-order valence-corrected chi connectivity index (χ0v) is 19.4. The Bertz CT molecular complexity index is 1300. The van der Waals surface area contributed by atoms with E-state index in [1.54, 1.807) is 30.6 Å². The van der Waals surface area contributed by atoms with Gasteiger partial charge in [-0.2, -0.15) is 8.78 Å². The van der Waals surface area contributed by atoms with Crippen LogP contribution in [0.2, 0.25) is 5.02 Å². The van der Waals surface area contributed by atoms with Crippen LogP contribution in [0.25, 0.3) is 17.1 Å². The minimum atomic E-state index is -3.00. The molecule has 0 radical (unpaired) electrons. The zero-order valence-electron chi connectivity index (χ0n) is 17.8. The molecule has 0 aliphatic rings. The molecule has 0 unspecified atom stereocenters. The summed E-state index contributed by atoms with van der Waals surface area (Å²) in [7, 11) is 0. The van der Waals surface area contributed by atoms with E-state index in [-0.39, 0.29) is 17.2 Å². The summed E-state index contributed by atoms with van der Waals surface area (Å²) in [4.78, 5) is 16.6. The summed E-state index contributed by atoms with van der Waals surface area (Å²) in [6.07, 6.45) is 3.30. The molecule has 34 heavy (non-hydrogen) atoms. The Morgan fingerprint density at radius 3 is 2.65 bits per heavy atom. The van der Waals surface area contributed by atoms with Gasteiger partial charge < -0.3 is 10.1 Å². The van der Waals surface area contributed by atoms with Crippen LogP contribution in [0.3, 0.4) is 0 Å². The molecular formula is C23H18ClF2N5O2S. The number of hydrogen-bond acceptors (Lipinski definition) is 6. The minimum Gasteiger partial charge on any atom is -0.433 e. The predicted molar refractivity (Wildman–Crippen MR) is 127 cm³/mol. The molecule has 11 heteroatoms. The lowest BCUT2D eigenvalue weighted by molar-refractivity contribution is -0.113. The number of rotatable bonds is 8. The third kappa shape index (κ3) is 5.35. The molecule has 0 bridgehead atoms. The van der Waals surface area contributed by atoms with Crippen molar-refractivity contribution >= 4 is 35.0 Å². The molecule has 0 saturated heterocycles. The van der Waals surface area contributed by atoms with Crippen molar-refractivity contribution in [2.75, 3.05) is 11.1 Å². The van der Waals surface area contributed by atoms with Crippen molar-refractivity contribution in [1.29, 1.82) is 0 Å².